The number of rotatable bonds is 6. The van der Waals surface area contributed by atoms with Gasteiger partial charge in [-0.15, -0.1) is 0 Å². The number of piperidine rings is 1. The number of hydrogen-bond donors (Lipinski definition) is 1. The van der Waals surface area contributed by atoms with Gasteiger partial charge in [-0.3, -0.25) is 14.5 Å². The molecule has 164 valence electrons. The van der Waals surface area contributed by atoms with Gasteiger partial charge in [0.25, 0.3) is 5.91 Å². The lowest BCUT2D eigenvalue weighted by atomic mass is 10.0. The normalized spacial score (nSPS) is 18.6. The van der Waals surface area contributed by atoms with Crippen LogP contribution in [0.15, 0.2) is 36.5 Å². The van der Waals surface area contributed by atoms with Crippen LogP contribution in [0.1, 0.15) is 36.5 Å². The Labute approximate surface area is 187 Å². The fourth-order valence-electron chi connectivity index (χ4n) is 4.16. The maximum absolute atomic E-state index is 13.2. The van der Waals surface area contributed by atoms with Crippen LogP contribution in [-0.2, 0) is 4.79 Å². The third-order valence-electron chi connectivity index (χ3n) is 5.68. The molecule has 7 nitrogen and oxygen atoms in total. The van der Waals surface area contributed by atoms with Crippen molar-refractivity contribution in [2.45, 2.75) is 26.2 Å². The van der Waals surface area contributed by atoms with Crippen LogP contribution in [0.2, 0.25) is 5.02 Å². The average molecular weight is 443 g/mol. The number of hydrogen-bond acceptors (Lipinski definition) is 5. The van der Waals surface area contributed by atoms with E-state index in [1.807, 2.05) is 0 Å². The van der Waals surface area contributed by atoms with Crippen LogP contribution < -0.4 is 15.0 Å². The largest absolute Gasteiger partial charge is 0.436 e. The smallest absolute Gasteiger partial charge is 0.264 e. The molecule has 1 aromatic carbocycles. The molecule has 0 aliphatic carbocycles. The van der Waals surface area contributed by atoms with Gasteiger partial charge in [-0.25, -0.2) is 4.98 Å². The highest BCUT2D eigenvalue weighted by Crippen LogP contribution is 2.39. The summed E-state index contributed by atoms with van der Waals surface area (Å²) in [5, 5.41) is 3.40. The van der Waals surface area contributed by atoms with E-state index in [0.717, 1.165) is 32.0 Å². The number of aromatic nitrogens is 1. The number of fused-ring (bicyclic) bond motifs is 2. The van der Waals surface area contributed by atoms with Crippen molar-refractivity contribution >= 4 is 29.1 Å². The Kier molecular flexibility index (Phi) is 6.73. The van der Waals surface area contributed by atoms with E-state index in [1.54, 1.807) is 36.5 Å². The summed E-state index contributed by atoms with van der Waals surface area (Å²) < 4.78 is 5.84. The highest BCUT2D eigenvalue weighted by Gasteiger charge is 2.30. The molecule has 1 fully saturated rings. The average Bonchev–Trinajstić information content (AvgIpc) is 2.86. The number of nitrogens with one attached hydrogen (secondary N) is 1. The minimum absolute atomic E-state index is 0.120. The predicted octanol–water partition coefficient (Wildman–Crippen LogP) is 3.73. The fraction of sp³-hybridized carbons (Fsp3) is 0.435. The summed E-state index contributed by atoms with van der Waals surface area (Å²) >= 11 is 6.16. The van der Waals surface area contributed by atoms with Gasteiger partial charge in [0.2, 0.25) is 11.8 Å². The van der Waals surface area contributed by atoms with Crippen molar-refractivity contribution in [3.63, 3.8) is 0 Å². The topological polar surface area (TPSA) is 74.8 Å². The van der Waals surface area contributed by atoms with Crippen molar-refractivity contribution in [3.05, 3.63) is 47.1 Å². The summed E-state index contributed by atoms with van der Waals surface area (Å²) in [5.41, 5.74) is 0.759. The van der Waals surface area contributed by atoms with E-state index in [-0.39, 0.29) is 24.2 Å². The molecule has 8 heteroatoms. The Bertz CT molecular complexity index is 968. The van der Waals surface area contributed by atoms with E-state index in [4.69, 9.17) is 16.3 Å². The second-order valence-corrected chi connectivity index (χ2v) is 8.65. The van der Waals surface area contributed by atoms with Gasteiger partial charge in [-0.1, -0.05) is 18.5 Å². The second-order valence-electron chi connectivity index (χ2n) is 8.21. The number of carbonyl (C=O) groups excluding carboxylic acids is 2. The molecule has 1 N–H and O–H groups in total. The molecule has 0 unspecified atom stereocenters. The number of amides is 2. The van der Waals surface area contributed by atoms with Crippen molar-refractivity contribution in [2.75, 3.05) is 37.6 Å². The van der Waals surface area contributed by atoms with E-state index in [0.29, 0.717) is 28.6 Å². The molecule has 2 amide bonds. The van der Waals surface area contributed by atoms with Crippen LogP contribution in [-0.4, -0.2) is 54.4 Å². The first-order valence-electron chi connectivity index (χ1n) is 10.7. The minimum Gasteiger partial charge on any atom is -0.436 e. The third-order valence-corrected chi connectivity index (χ3v) is 5.92. The maximum atomic E-state index is 13.2. The first-order valence-corrected chi connectivity index (χ1v) is 11.1. The Morgan fingerprint density at radius 1 is 1.35 bits per heavy atom. The van der Waals surface area contributed by atoms with Crippen molar-refractivity contribution in [3.8, 4) is 11.6 Å². The quantitative estimate of drug-likeness (QED) is 0.690. The lowest BCUT2D eigenvalue weighted by Gasteiger charge is -2.30. The van der Waals surface area contributed by atoms with Gasteiger partial charge in [0.1, 0.15) is 12.1 Å². The van der Waals surface area contributed by atoms with Crippen molar-refractivity contribution < 1.29 is 14.3 Å². The van der Waals surface area contributed by atoms with Gasteiger partial charge in [-0.05, 0) is 68.6 Å². The predicted molar refractivity (Wildman–Crippen MR) is 120 cm³/mol. The van der Waals surface area contributed by atoms with Crippen LogP contribution in [0.25, 0.3) is 0 Å². The Morgan fingerprint density at radius 3 is 3.06 bits per heavy atom. The first-order chi connectivity index (χ1) is 15.0. The van der Waals surface area contributed by atoms with E-state index in [9.17, 15) is 9.59 Å². The highest BCUT2D eigenvalue weighted by atomic mass is 35.5. The molecule has 4 rings (SSSR count). The zero-order valence-corrected chi connectivity index (χ0v) is 18.4. The van der Waals surface area contributed by atoms with E-state index < -0.39 is 0 Å². The lowest BCUT2D eigenvalue weighted by Crippen LogP contribution is -2.41. The monoisotopic (exact) mass is 442 g/mol. The van der Waals surface area contributed by atoms with Gasteiger partial charge in [0.05, 0.1) is 5.69 Å². The summed E-state index contributed by atoms with van der Waals surface area (Å²) in [7, 11) is 0. The molecule has 0 radical (unpaired) electrons. The minimum atomic E-state index is -0.346. The molecule has 0 spiro atoms. The summed E-state index contributed by atoms with van der Waals surface area (Å²) in [5.74, 6) is 0.820. The fourth-order valence-corrected chi connectivity index (χ4v) is 4.32. The zero-order chi connectivity index (χ0) is 21.8. The summed E-state index contributed by atoms with van der Waals surface area (Å²) in [4.78, 5) is 33.9. The van der Waals surface area contributed by atoms with E-state index in [2.05, 4.69) is 22.1 Å². The second kappa shape index (κ2) is 9.66. The summed E-state index contributed by atoms with van der Waals surface area (Å²) in [6, 6.07) is 8.30. The number of ether oxygens (including phenoxy) is 1. The SMILES string of the molecule is C[C@@H]1CCCN(CCCNC(=O)CN2C(=O)c3cccnc3Oc3ccc(Cl)cc32)C1. The number of pyridine rings is 1. The Balaban J connectivity index is 1.41. The standard InChI is InChI=1S/C23H27ClN4O3/c1-16-5-3-11-27(14-16)12-4-10-25-21(29)15-28-19-13-17(24)7-8-20(19)31-22-18(23(28)30)6-2-9-26-22/h2,6-9,13,16H,3-5,10-12,14-15H2,1H3,(H,25,29)/t16-/m1/s1. The van der Waals surface area contributed by atoms with Crippen LogP contribution >= 0.6 is 11.6 Å². The molecule has 1 aromatic heterocycles. The van der Waals surface area contributed by atoms with Crippen molar-refractivity contribution in [2.24, 2.45) is 5.92 Å². The van der Waals surface area contributed by atoms with Crippen LogP contribution in [0.5, 0.6) is 11.6 Å². The lowest BCUT2D eigenvalue weighted by molar-refractivity contribution is -0.119. The maximum Gasteiger partial charge on any atom is 0.264 e. The highest BCUT2D eigenvalue weighted by molar-refractivity contribution is 6.31. The molecular weight excluding hydrogens is 416 g/mol. The van der Waals surface area contributed by atoms with Crippen LogP contribution in [0.3, 0.4) is 0 Å². The number of likely N-dealkylation sites (tertiary alicyclic amines) is 1. The van der Waals surface area contributed by atoms with Crippen molar-refractivity contribution in [1.29, 1.82) is 0 Å². The molecule has 31 heavy (non-hydrogen) atoms. The van der Waals surface area contributed by atoms with E-state index >= 15 is 0 Å². The van der Waals surface area contributed by atoms with Gasteiger partial charge in [0.15, 0.2) is 5.75 Å². The molecule has 3 heterocycles. The number of nitrogens with zero attached hydrogens (tertiary/aromatic N) is 3. The van der Waals surface area contributed by atoms with Crippen LogP contribution in [0.4, 0.5) is 5.69 Å². The molecule has 1 atom stereocenters. The van der Waals surface area contributed by atoms with E-state index in [1.165, 1.54) is 17.7 Å². The number of halogens is 1. The zero-order valence-electron chi connectivity index (χ0n) is 17.6. The first kappa shape index (κ1) is 21.6. The molecular formula is C23H27ClN4O3. The molecule has 0 bridgehead atoms. The number of anilines is 1. The molecule has 2 aliphatic heterocycles. The summed E-state index contributed by atoms with van der Waals surface area (Å²) in [6.07, 6.45) is 4.98. The van der Waals surface area contributed by atoms with Gasteiger partial charge >= 0.3 is 0 Å². The number of carbonyl (C=O) groups is 2. The molecule has 0 saturated carbocycles. The molecule has 2 aliphatic rings. The van der Waals surface area contributed by atoms with Gasteiger partial charge in [-0.2, -0.15) is 0 Å². The van der Waals surface area contributed by atoms with Gasteiger partial charge < -0.3 is 15.0 Å². The number of benzene rings is 1. The Hall–Kier alpha value is -2.64. The summed E-state index contributed by atoms with van der Waals surface area (Å²) in [6.45, 7) is 5.96. The van der Waals surface area contributed by atoms with Crippen LogP contribution in [0, 0.1) is 5.92 Å². The van der Waals surface area contributed by atoms with Gasteiger partial charge in [0, 0.05) is 24.3 Å². The third kappa shape index (κ3) is 5.17. The van der Waals surface area contributed by atoms with Crippen molar-refractivity contribution in [1.82, 2.24) is 15.2 Å². The molecule has 2 aromatic rings. The molecule has 1 saturated heterocycles. The Morgan fingerprint density at radius 2 is 2.23 bits per heavy atom.